The Morgan fingerprint density at radius 1 is 1.08 bits per heavy atom. The molecule has 0 radical (unpaired) electrons. The van der Waals surface area contributed by atoms with Gasteiger partial charge in [0.2, 0.25) is 5.91 Å². The van der Waals surface area contributed by atoms with Gasteiger partial charge in [-0.25, -0.2) is 0 Å². The molecule has 6 heteroatoms. The number of amides is 2. The van der Waals surface area contributed by atoms with Crippen LogP contribution >= 0.6 is 11.6 Å². The SMILES string of the molecule is CCCCNC(=O)c1ccc(NC(=O)CNc2cccc(Cl)c2C)cc1. The summed E-state index contributed by atoms with van der Waals surface area (Å²) in [5, 5.41) is 9.39. The van der Waals surface area contributed by atoms with Crippen LogP contribution in [-0.4, -0.2) is 24.9 Å². The van der Waals surface area contributed by atoms with Crippen molar-refractivity contribution in [2.24, 2.45) is 0 Å². The molecule has 0 aliphatic carbocycles. The van der Waals surface area contributed by atoms with E-state index in [4.69, 9.17) is 11.6 Å². The molecule has 3 N–H and O–H groups in total. The summed E-state index contributed by atoms with van der Waals surface area (Å²) < 4.78 is 0. The van der Waals surface area contributed by atoms with Crippen LogP contribution in [0.25, 0.3) is 0 Å². The fraction of sp³-hybridized carbons (Fsp3) is 0.300. The number of rotatable bonds is 8. The van der Waals surface area contributed by atoms with Crippen molar-refractivity contribution in [3.8, 4) is 0 Å². The standard InChI is InChI=1S/C20H24ClN3O2/c1-3-4-12-22-20(26)15-8-10-16(11-9-15)24-19(25)13-23-18-7-5-6-17(21)14(18)2/h5-11,23H,3-4,12-13H2,1-2H3,(H,22,26)(H,24,25). The number of carbonyl (C=O) groups excluding carboxylic acids is 2. The molecule has 2 amide bonds. The summed E-state index contributed by atoms with van der Waals surface area (Å²) in [7, 11) is 0. The first-order valence-electron chi connectivity index (χ1n) is 8.68. The van der Waals surface area contributed by atoms with Gasteiger partial charge in [-0.3, -0.25) is 9.59 Å². The van der Waals surface area contributed by atoms with Crippen molar-refractivity contribution in [3.63, 3.8) is 0 Å². The van der Waals surface area contributed by atoms with Crippen LogP contribution in [0, 0.1) is 6.92 Å². The van der Waals surface area contributed by atoms with Gasteiger partial charge in [0.1, 0.15) is 0 Å². The van der Waals surface area contributed by atoms with E-state index in [0.29, 0.717) is 22.8 Å². The second-order valence-electron chi connectivity index (χ2n) is 6.00. The Kier molecular flexibility index (Phi) is 7.48. The van der Waals surface area contributed by atoms with Gasteiger partial charge >= 0.3 is 0 Å². The van der Waals surface area contributed by atoms with Gasteiger partial charge < -0.3 is 16.0 Å². The molecule has 0 heterocycles. The summed E-state index contributed by atoms with van der Waals surface area (Å²) in [6, 6.07) is 12.4. The maximum atomic E-state index is 12.1. The van der Waals surface area contributed by atoms with Gasteiger partial charge in [-0.2, -0.15) is 0 Å². The highest BCUT2D eigenvalue weighted by molar-refractivity contribution is 6.31. The van der Waals surface area contributed by atoms with Crippen molar-refractivity contribution in [1.29, 1.82) is 0 Å². The van der Waals surface area contributed by atoms with Crippen LogP contribution in [0.4, 0.5) is 11.4 Å². The minimum atomic E-state index is -0.176. The summed E-state index contributed by atoms with van der Waals surface area (Å²) in [6.07, 6.45) is 1.99. The van der Waals surface area contributed by atoms with E-state index < -0.39 is 0 Å². The Balaban J connectivity index is 1.85. The number of hydrogen-bond acceptors (Lipinski definition) is 3. The largest absolute Gasteiger partial charge is 0.376 e. The average Bonchev–Trinajstić information content (AvgIpc) is 2.63. The van der Waals surface area contributed by atoms with E-state index in [9.17, 15) is 9.59 Å². The number of anilines is 2. The maximum absolute atomic E-state index is 12.1. The van der Waals surface area contributed by atoms with Crippen molar-refractivity contribution in [1.82, 2.24) is 5.32 Å². The van der Waals surface area contributed by atoms with Crippen LogP contribution in [0.15, 0.2) is 42.5 Å². The molecular formula is C20H24ClN3O2. The summed E-state index contributed by atoms with van der Waals surface area (Å²) in [6.45, 7) is 4.77. The molecule has 0 unspecified atom stereocenters. The van der Waals surface area contributed by atoms with Crippen molar-refractivity contribution < 1.29 is 9.59 Å². The van der Waals surface area contributed by atoms with E-state index >= 15 is 0 Å². The molecule has 5 nitrogen and oxygen atoms in total. The maximum Gasteiger partial charge on any atom is 0.251 e. The molecule has 0 fully saturated rings. The molecule has 0 aliphatic heterocycles. The molecule has 138 valence electrons. The third-order valence-corrected chi connectivity index (χ3v) is 4.36. The highest BCUT2D eigenvalue weighted by Crippen LogP contribution is 2.22. The lowest BCUT2D eigenvalue weighted by Gasteiger charge is -2.11. The molecular weight excluding hydrogens is 350 g/mol. The number of nitrogens with one attached hydrogen (secondary N) is 3. The Bertz CT molecular complexity index is 760. The van der Waals surface area contributed by atoms with E-state index in [1.54, 1.807) is 24.3 Å². The molecule has 26 heavy (non-hydrogen) atoms. The van der Waals surface area contributed by atoms with Gasteiger partial charge in [0.25, 0.3) is 5.91 Å². The zero-order valence-electron chi connectivity index (χ0n) is 15.1. The molecule has 0 saturated heterocycles. The first kappa shape index (κ1) is 19.8. The third kappa shape index (κ3) is 5.77. The lowest BCUT2D eigenvalue weighted by Crippen LogP contribution is -2.24. The Morgan fingerprint density at radius 3 is 2.50 bits per heavy atom. The lowest BCUT2D eigenvalue weighted by atomic mass is 10.2. The number of halogens is 1. The van der Waals surface area contributed by atoms with E-state index in [1.165, 1.54) is 0 Å². The van der Waals surface area contributed by atoms with Crippen molar-refractivity contribution >= 4 is 34.8 Å². The van der Waals surface area contributed by atoms with Gasteiger partial charge in [0.05, 0.1) is 6.54 Å². The first-order valence-corrected chi connectivity index (χ1v) is 9.06. The van der Waals surface area contributed by atoms with Crippen LogP contribution in [-0.2, 0) is 4.79 Å². The summed E-state index contributed by atoms with van der Waals surface area (Å²) >= 11 is 6.07. The monoisotopic (exact) mass is 373 g/mol. The second kappa shape index (κ2) is 9.82. The molecule has 0 spiro atoms. The Morgan fingerprint density at radius 2 is 1.81 bits per heavy atom. The quantitative estimate of drug-likeness (QED) is 0.606. The minimum absolute atomic E-state index is 0.102. The summed E-state index contributed by atoms with van der Waals surface area (Å²) in [4.78, 5) is 24.0. The zero-order valence-corrected chi connectivity index (χ0v) is 15.8. The molecule has 0 bridgehead atoms. The minimum Gasteiger partial charge on any atom is -0.376 e. The van der Waals surface area contributed by atoms with E-state index in [2.05, 4.69) is 22.9 Å². The van der Waals surface area contributed by atoms with Crippen molar-refractivity contribution in [3.05, 3.63) is 58.6 Å². The van der Waals surface area contributed by atoms with Crippen LogP contribution in [0.3, 0.4) is 0 Å². The zero-order chi connectivity index (χ0) is 18.9. The molecule has 0 saturated carbocycles. The van der Waals surface area contributed by atoms with Gasteiger partial charge in [0, 0.05) is 28.5 Å². The Hall–Kier alpha value is -2.53. The molecule has 2 aromatic rings. The van der Waals surface area contributed by atoms with E-state index in [1.807, 2.05) is 25.1 Å². The molecule has 0 aliphatic rings. The third-order valence-electron chi connectivity index (χ3n) is 3.95. The topological polar surface area (TPSA) is 70.2 Å². The van der Waals surface area contributed by atoms with Gasteiger partial charge in [-0.05, 0) is 55.3 Å². The molecule has 2 aromatic carbocycles. The Labute approximate surface area is 159 Å². The van der Waals surface area contributed by atoms with Crippen molar-refractivity contribution in [2.45, 2.75) is 26.7 Å². The van der Waals surface area contributed by atoms with Crippen LogP contribution in [0.1, 0.15) is 35.7 Å². The second-order valence-corrected chi connectivity index (χ2v) is 6.41. The highest BCUT2D eigenvalue weighted by atomic mass is 35.5. The lowest BCUT2D eigenvalue weighted by molar-refractivity contribution is -0.114. The first-order chi connectivity index (χ1) is 12.5. The average molecular weight is 374 g/mol. The summed E-state index contributed by atoms with van der Waals surface area (Å²) in [5.74, 6) is -0.279. The van der Waals surface area contributed by atoms with Crippen LogP contribution < -0.4 is 16.0 Å². The van der Waals surface area contributed by atoms with Crippen LogP contribution in [0.5, 0.6) is 0 Å². The van der Waals surface area contributed by atoms with Crippen molar-refractivity contribution in [2.75, 3.05) is 23.7 Å². The van der Waals surface area contributed by atoms with Gasteiger partial charge in [-0.1, -0.05) is 31.0 Å². The summed E-state index contributed by atoms with van der Waals surface area (Å²) in [5.41, 5.74) is 2.95. The number of benzene rings is 2. The molecule has 0 atom stereocenters. The predicted octanol–water partition coefficient (Wildman–Crippen LogP) is 4.23. The number of unbranched alkanes of at least 4 members (excludes halogenated alkanes) is 1. The highest BCUT2D eigenvalue weighted by Gasteiger charge is 2.07. The predicted molar refractivity (Wildman–Crippen MR) is 107 cm³/mol. The fourth-order valence-electron chi connectivity index (χ4n) is 2.37. The smallest absolute Gasteiger partial charge is 0.251 e. The van der Waals surface area contributed by atoms with E-state index in [0.717, 1.165) is 24.1 Å². The van der Waals surface area contributed by atoms with Gasteiger partial charge in [-0.15, -0.1) is 0 Å². The number of hydrogen-bond donors (Lipinski definition) is 3. The molecule has 0 aromatic heterocycles. The fourth-order valence-corrected chi connectivity index (χ4v) is 2.54. The normalized spacial score (nSPS) is 10.3. The van der Waals surface area contributed by atoms with E-state index in [-0.39, 0.29) is 18.4 Å². The number of carbonyl (C=O) groups is 2. The van der Waals surface area contributed by atoms with Gasteiger partial charge in [0.15, 0.2) is 0 Å². The molecule has 2 rings (SSSR count). The van der Waals surface area contributed by atoms with Crippen LogP contribution in [0.2, 0.25) is 5.02 Å².